The molecule has 1 aromatic rings. The van der Waals surface area contributed by atoms with Gasteiger partial charge in [-0.05, 0) is 63.4 Å². The molecule has 0 spiro atoms. The molecule has 2 nitrogen and oxygen atoms in total. The van der Waals surface area contributed by atoms with Gasteiger partial charge in [0, 0.05) is 7.11 Å². The highest BCUT2D eigenvalue weighted by molar-refractivity contribution is 5.20. The summed E-state index contributed by atoms with van der Waals surface area (Å²) in [6, 6.07) is 10.7. The predicted octanol–water partition coefficient (Wildman–Crippen LogP) is 4.14. The molecule has 1 aliphatic carbocycles. The van der Waals surface area contributed by atoms with Gasteiger partial charge in [-0.3, -0.25) is 0 Å². The van der Waals surface area contributed by atoms with Crippen molar-refractivity contribution in [3.05, 3.63) is 35.9 Å². The number of methoxy groups -OCH3 is 1. The standard InChI is InChI=1S/C18H28O2/c1-18(2,20-3)12-11-16-13-15(9-10-17(16)19)14-7-5-4-6-8-14/h4-8,15-17,19H,9-13H2,1-3H3. The topological polar surface area (TPSA) is 29.5 Å². The van der Waals surface area contributed by atoms with Crippen molar-refractivity contribution in [2.45, 2.75) is 63.6 Å². The van der Waals surface area contributed by atoms with E-state index in [4.69, 9.17) is 4.74 Å². The van der Waals surface area contributed by atoms with E-state index in [1.165, 1.54) is 5.56 Å². The third kappa shape index (κ3) is 4.07. The van der Waals surface area contributed by atoms with Crippen molar-refractivity contribution in [2.24, 2.45) is 5.92 Å². The van der Waals surface area contributed by atoms with Gasteiger partial charge in [-0.1, -0.05) is 30.3 Å². The van der Waals surface area contributed by atoms with Crippen LogP contribution in [0, 0.1) is 5.92 Å². The van der Waals surface area contributed by atoms with E-state index < -0.39 is 0 Å². The molecule has 0 heterocycles. The fraction of sp³-hybridized carbons (Fsp3) is 0.667. The van der Waals surface area contributed by atoms with Gasteiger partial charge < -0.3 is 9.84 Å². The molecule has 3 unspecified atom stereocenters. The monoisotopic (exact) mass is 276 g/mol. The summed E-state index contributed by atoms with van der Waals surface area (Å²) >= 11 is 0. The molecule has 0 aliphatic heterocycles. The lowest BCUT2D eigenvalue weighted by Gasteiger charge is -2.35. The van der Waals surface area contributed by atoms with E-state index in [0.717, 1.165) is 32.1 Å². The Morgan fingerprint density at radius 1 is 1.20 bits per heavy atom. The van der Waals surface area contributed by atoms with Gasteiger partial charge in [0.2, 0.25) is 0 Å². The highest BCUT2D eigenvalue weighted by atomic mass is 16.5. The number of rotatable bonds is 5. The van der Waals surface area contributed by atoms with Gasteiger partial charge >= 0.3 is 0 Å². The summed E-state index contributed by atoms with van der Waals surface area (Å²) < 4.78 is 5.49. The van der Waals surface area contributed by atoms with Gasteiger partial charge in [0.15, 0.2) is 0 Å². The number of aliphatic hydroxyl groups is 1. The van der Waals surface area contributed by atoms with Crippen LogP contribution in [0.3, 0.4) is 0 Å². The second-order valence-corrected chi connectivity index (χ2v) is 6.75. The average Bonchev–Trinajstić information content (AvgIpc) is 2.47. The van der Waals surface area contributed by atoms with Crippen molar-refractivity contribution >= 4 is 0 Å². The first-order valence-electron chi connectivity index (χ1n) is 7.80. The number of hydrogen-bond acceptors (Lipinski definition) is 2. The van der Waals surface area contributed by atoms with Crippen molar-refractivity contribution in [2.75, 3.05) is 7.11 Å². The maximum absolute atomic E-state index is 10.3. The minimum absolute atomic E-state index is 0.0839. The van der Waals surface area contributed by atoms with Gasteiger partial charge in [0.25, 0.3) is 0 Å². The quantitative estimate of drug-likeness (QED) is 0.876. The Labute approximate surface area is 123 Å². The maximum atomic E-state index is 10.3. The van der Waals surface area contributed by atoms with Crippen molar-refractivity contribution in [3.8, 4) is 0 Å². The summed E-state index contributed by atoms with van der Waals surface area (Å²) in [6.07, 6.45) is 5.05. The Kier molecular flexibility index (Phi) is 5.22. The molecule has 1 aliphatic rings. The van der Waals surface area contributed by atoms with E-state index in [1.807, 2.05) is 0 Å². The Morgan fingerprint density at radius 3 is 2.55 bits per heavy atom. The van der Waals surface area contributed by atoms with E-state index in [-0.39, 0.29) is 11.7 Å². The molecular weight excluding hydrogens is 248 g/mol. The molecule has 0 amide bonds. The molecule has 2 rings (SSSR count). The summed E-state index contributed by atoms with van der Waals surface area (Å²) in [5, 5.41) is 10.3. The van der Waals surface area contributed by atoms with Crippen LogP contribution in [0.2, 0.25) is 0 Å². The zero-order chi connectivity index (χ0) is 14.6. The second kappa shape index (κ2) is 6.73. The molecule has 0 aromatic heterocycles. The van der Waals surface area contributed by atoms with Crippen LogP contribution in [0.15, 0.2) is 30.3 Å². The molecule has 0 bridgehead atoms. The van der Waals surface area contributed by atoms with Crippen LogP contribution in [0.25, 0.3) is 0 Å². The van der Waals surface area contributed by atoms with E-state index in [1.54, 1.807) is 7.11 Å². The van der Waals surface area contributed by atoms with Gasteiger partial charge in [-0.15, -0.1) is 0 Å². The summed E-state index contributed by atoms with van der Waals surface area (Å²) in [7, 11) is 1.77. The molecule has 0 radical (unpaired) electrons. The van der Waals surface area contributed by atoms with Crippen LogP contribution >= 0.6 is 0 Å². The van der Waals surface area contributed by atoms with E-state index in [0.29, 0.717) is 11.8 Å². The fourth-order valence-corrected chi connectivity index (χ4v) is 3.22. The third-order valence-corrected chi connectivity index (χ3v) is 4.88. The molecule has 20 heavy (non-hydrogen) atoms. The first-order chi connectivity index (χ1) is 9.52. The highest BCUT2D eigenvalue weighted by Crippen LogP contribution is 2.39. The Hall–Kier alpha value is -0.860. The van der Waals surface area contributed by atoms with Crippen molar-refractivity contribution in [1.82, 2.24) is 0 Å². The summed E-state index contributed by atoms with van der Waals surface area (Å²) in [5.74, 6) is 1.01. The highest BCUT2D eigenvalue weighted by Gasteiger charge is 2.31. The van der Waals surface area contributed by atoms with Gasteiger partial charge in [0.05, 0.1) is 11.7 Å². The minimum atomic E-state index is -0.136. The lowest BCUT2D eigenvalue weighted by atomic mass is 9.74. The molecular formula is C18H28O2. The number of hydrogen-bond donors (Lipinski definition) is 1. The lowest BCUT2D eigenvalue weighted by molar-refractivity contribution is -0.00496. The molecule has 1 aromatic carbocycles. The molecule has 2 heteroatoms. The summed E-state index contributed by atoms with van der Waals surface area (Å²) in [6.45, 7) is 4.24. The lowest BCUT2D eigenvalue weighted by Crippen LogP contribution is -2.31. The van der Waals surface area contributed by atoms with Gasteiger partial charge in [0.1, 0.15) is 0 Å². The van der Waals surface area contributed by atoms with Gasteiger partial charge in [-0.2, -0.15) is 0 Å². The van der Waals surface area contributed by atoms with Crippen LogP contribution in [0.5, 0.6) is 0 Å². The maximum Gasteiger partial charge on any atom is 0.0622 e. The zero-order valence-electron chi connectivity index (χ0n) is 13.0. The number of ether oxygens (including phenoxy) is 1. The number of aliphatic hydroxyl groups excluding tert-OH is 1. The molecule has 1 fully saturated rings. The molecule has 3 atom stereocenters. The van der Waals surface area contributed by atoms with Gasteiger partial charge in [-0.25, -0.2) is 0 Å². The zero-order valence-corrected chi connectivity index (χ0v) is 13.0. The average molecular weight is 276 g/mol. The molecule has 1 N–H and O–H groups in total. The first-order valence-corrected chi connectivity index (χ1v) is 7.80. The van der Waals surface area contributed by atoms with E-state index in [9.17, 15) is 5.11 Å². The molecule has 0 saturated heterocycles. The fourth-order valence-electron chi connectivity index (χ4n) is 3.22. The Morgan fingerprint density at radius 2 is 1.90 bits per heavy atom. The largest absolute Gasteiger partial charge is 0.393 e. The molecule has 112 valence electrons. The Balaban J connectivity index is 1.95. The van der Waals surface area contributed by atoms with Crippen LogP contribution in [-0.2, 0) is 4.74 Å². The van der Waals surface area contributed by atoms with Crippen LogP contribution in [0.1, 0.15) is 57.4 Å². The normalized spacial score (nSPS) is 27.5. The van der Waals surface area contributed by atoms with Crippen molar-refractivity contribution in [1.29, 1.82) is 0 Å². The minimum Gasteiger partial charge on any atom is -0.393 e. The van der Waals surface area contributed by atoms with E-state index >= 15 is 0 Å². The first kappa shape index (κ1) is 15.5. The second-order valence-electron chi connectivity index (χ2n) is 6.75. The SMILES string of the molecule is COC(C)(C)CCC1CC(c2ccccc2)CCC1O. The smallest absolute Gasteiger partial charge is 0.0622 e. The predicted molar refractivity (Wildman–Crippen MR) is 82.9 cm³/mol. The summed E-state index contributed by atoms with van der Waals surface area (Å²) in [4.78, 5) is 0. The van der Waals surface area contributed by atoms with Crippen LogP contribution in [0.4, 0.5) is 0 Å². The molecule has 1 saturated carbocycles. The number of benzene rings is 1. The van der Waals surface area contributed by atoms with Crippen LogP contribution in [-0.4, -0.2) is 23.9 Å². The third-order valence-electron chi connectivity index (χ3n) is 4.88. The van der Waals surface area contributed by atoms with Crippen LogP contribution < -0.4 is 0 Å². The summed E-state index contributed by atoms with van der Waals surface area (Å²) in [5.41, 5.74) is 1.34. The Bertz CT molecular complexity index is 399. The van der Waals surface area contributed by atoms with Crippen molar-refractivity contribution < 1.29 is 9.84 Å². The van der Waals surface area contributed by atoms with E-state index in [2.05, 4.69) is 44.2 Å². The van der Waals surface area contributed by atoms with Crippen molar-refractivity contribution in [3.63, 3.8) is 0 Å².